The summed E-state index contributed by atoms with van der Waals surface area (Å²) in [6.45, 7) is 2.31. The van der Waals surface area contributed by atoms with Gasteiger partial charge in [0, 0.05) is 29.4 Å². The van der Waals surface area contributed by atoms with Crippen LogP contribution in [0, 0.1) is 5.92 Å². The third-order valence-electron chi connectivity index (χ3n) is 4.24. The Morgan fingerprint density at radius 1 is 1.00 bits per heavy atom. The zero-order valence-electron chi connectivity index (χ0n) is 15.7. The first-order valence-electron chi connectivity index (χ1n) is 9.27. The van der Waals surface area contributed by atoms with Crippen molar-refractivity contribution in [1.29, 1.82) is 0 Å². The maximum Gasteiger partial charge on any atom is 0.411 e. The Balaban J connectivity index is 1.56. The molecule has 146 valence electrons. The number of hydrogen-bond acceptors (Lipinski definition) is 4. The van der Waals surface area contributed by atoms with Crippen LogP contribution in [0.15, 0.2) is 48.5 Å². The van der Waals surface area contributed by atoms with Crippen LogP contribution in [0.25, 0.3) is 0 Å². The Hall–Kier alpha value is -3.35. The van der Waals surface area contributed by atoms with Gasteiger partial charge in [0.15, 0.2) is 0 Å². The van der Waals surface area contributed by atoms with Crippen molar-refractivity contribution in [3.63, 3.8) is 0 Å². The van der Waals surface area contributed by atoms with E-state index < -0.39 is 6.09 Å². The van der Waals surface area contributed by atoms with E-state index in [-0.39, 0.29) is 24.3 Å². The number of amides is 3. The fourth-order valence-corrected chi connectivity index (χ4v) is 2.66. The molecule has 0 radical (unpaired) electrons. The lowest BCUT2D eigenvalue weighted by atomic mass is 10.1. The maximum atomic E-state index is 12.4. The normalized spacial score (nSPS) is 12.8. The molecule has 2 aromatic carbocycles. The molecule has 0 unspecified atom stereocenters. The van der Waals surface area contributed by atoms with Crippen molar-refractivity contribution in [3.8, 4) is 0 Å². The van der Waals surface area contributed by atoms with E-state index in [1.165, 1.54) is 0 Å². The molecule has 2 aromatic rings. The minimum atomic E-state index is -0.565. The molecule has 0 aliphatic heterocycles. The molecule has 3 rings (SSSR count). The van der Waals surface area contributed by atoms with Crippen molar-refractivity contribution in [2.75, 3.05) is 17.2 Å². The summed E-state index contributed by atoms with van der Waals surface area (Å²) in [7, 11) is 0. The lowest BCUT2D eigenvalue weighted by Gasteiger charge is -2.10. The molecule has 7 heteroatoms. The Bertz CT molecular complexity index is 877. The first-order chi connectivity index (χ1) is 13.5. The zero-order chi connectivity index (χ0) is 19.9. The van der Waals surface area contributed by atoms with E-state index in [2.05, 4.69) is 16.0 Å². The fourth-order valence-electron chi connectivity index (χ4n) is 2.66. The molecule has 1 saturated carbocycles. The number of carbonyl (C=O) groups excluding carboxylic acids is 3. The topological polar surface area (TPSA) is 96.5 Å². The van der Waals surface area contributed by atoms with Gasteiger partial charge in [-0.1, -0.05) is 18.2 Å². The number of rotatable bonds is 7. The van der Waals surface area contributed by atoms with Crippen molar-refractivity contribution in [2.24, 2.45) is 5.92 Å². The van der Waals surface area contributed by atoms with Crippen LogP contribution in [-0.2, 0) is 16.1 Å². The molecule has 0 aromatic heterocycles. The molecule has 0 spiro atoms. The monoisotopic (exact) mass is 381 g/mol. The van der Waals surface area contributed by atoms with Crippen LogP contribution in [0.5, 0.6) is 0 Å². The summed E-state index contributed by atoms with van der Waals surface area (Å²) in [6, 6.07) is 14.0. The van der Waals surface area contributed by atoms with Crippen LogP contribution in [0.1, 0.15) is 35.7 Å². The van der Waals surface area contributed by atoms with Crippen molar-refractivity contribution in [3.05, 3.63) is 59.7 Å². The third kappa shape index (κ3) is 5.57. The average Bonchev–Trinajstić information content (AvgIpc) is 3.52. The molecule has 1 aliphatic rings. The first kappa shape index (κ1) is 19.4. The van der Waals surface area contributed by atoms with E-state index in [0.717, 1.165) is 24.1 Å². The second-order valence-electron chi connectivity index (χ2n) is 6.57. The highest BCUT2D eigenvalue weighted by molar-refractivity contribution is 5.96. The molecule has 1 fully saturated rings. The number of carbonyl (C=O) groups is 3. The summed E-state index contributed by atoms with van der Waals surface area (Å²) >= 11 is 0. The van der Waals surface area contributed by atoms with Gasteiger partial charge in [0.05, 0.1) is 6.61 Å². The molecule has 28 heavy (non-hydrogen) atoms. The molecule has 0 saturated heterocycles. The largest absolute Gasteiger partial charge is 0.450 e. The van der Waals surface area contributed by atoms with Gasteiger partial charge in [0.25, 0.3) is 5.91 Å². The second kappa shape index (κ2) is 9.03. The maximum absolute atomic E-state index is 12.4. The van der Waals surface area contributed by atoms with Gasteiger partial charge in [-0.05, 0) is 55.7 Å². The fraction of sp³-hybridized carbons (Fsp3) is 0.286. The van der Waals surface area contributed by atoms with Crippen molar-refractivity contribution in [2.45, 2.75) is 26.3 Å². The van der Waals surface area contributed by atoms with Crippen LogP contribution in [-0.4, -0.2) is 24.5 Å². The lowest BCUT2D eigenvalue weighted by Crippen LogP contribution is -2.23. The quantitative estimate of drug-likeness (QED) is 0.683. The van der Waals surface area contributed by atoms with Gasteiger partial charge in [-0.15, -0.1) is 0 Å². The van der Waals surface area contributed by atoms with Crippen LogP contribution < -0.4 is 16.0 Å². The van der Waals surface area contributed by atoms with Gasteiger partial charge in [0.2, 0.25) is 5.91 Å². The summed E-state index contributed by atoms with van der Waals surface area (Å²) < 4.78 is 4.83. The third-order valence-corrected chi connectivity index (χ3v) is 4.24. The number of hydrogen-bond donors (Lipinski definition) is 3. The predicted octanol–water partition coefficient (Wildman–Crippen LogP) is 3.53. The molecule has 1 aliphatic carbocycles. The van der Waals surface area contributed by atoms with E-state index in [1.54, 1.807) is 31.2 Å². The van der Waals surface area contributed by atoms with Gasteiger partial charge in [-0.3, -0.25) is 14.9 Å². The summed E-state index contributed by atoms with van der Waals surface area (Å²) in [5, 5.41) is 8.31. The molecule has 0 atom stereocenters. The Kier molecular flexibility index (Phi) is 6.26. The lowest BCUT2D eigenvalue weighted by molar-refractivity contribution is -0.117. The standard InChI is InChI=1S/C21H23N3O4/c1-2-28-21(27)24-18-8-4-6-16(12-18)19(25)22-13-14-5-3-7-17(11-14)23-20(26)15-9-10-15/h3-8,11-12,15H,2,9-10,13H2,1H3,(H,22,25)(H,23,26)(H,24,27). The van der Waals surface area contributed by atoms with Crippen molar-refractivity contribution in [1.82, 2.24) is 5.32 Å². The predicted molar refractivity (Wildman–Crippen MR) is 106 cm³/mol. The van der Waals surface area contributed by atoms with Gasteiger partial charge < -0.3 is 15.4 Å². The van der Waals surface area contributed by atoms with E-state index in [9.17, 15) is 14.4 Å². The number of benzene rings is 2. The second-order valence-corrected chi connectivity index (χ2v) is 6.57. The van der Waals surface area contributed by atoms with Crippen molar-refractivity contribution < 1.29 is 19.1 Å². The van der Waals surface area contributed by atoms with E-state index in [0.29, 0.717) is 17.8 Å². The summed E-state index contributed by atoms with van der Waals surface area (Å²) in [6.07, 6.45) is 1.34. The van der Waals surface area contributed by atoms with E-state index in [1.807, 2.05) is 24.3 Å². The van der Waals surface area contributed by atoms with Crippen LogP contribution in [0.4, 0.5) is 16.2 Å². The SMILES string of the molecule is CCOC(=O)Nc1cccc(C(=O)NCc2cccc(NC(=O)C3CC3)c2)c1. The Morgan fingerprint density at radius 3 is 2.43 bits per heavy atom. The molecular formula is C21H23N3O4. The van der Waals surface area contributed by atoms with Crippen molar-refractivity contribution >= 4 is 29.3 Å². The molecular weight excluding hydrogens is 358 g/mol. The molecule has 0 bridgehead atoms. The highest BCUT2D eigenvalue weighted by atomic mass is 16.5. The average molecular weight is 381 g/mol. The minimum absolute atomic E-state index is 0.0482. The Labute approximate surface area is 163 Å². The Morgan fingerprint density at radius 2 is 1.71 bits per heavy atom. The first-order valence-corrected chi connectivity index (χ1v) is 9.27. The zero-order valence-corrected chi connectivity index (χ0v) is 15.7. The van der Waals surface area contributed by atoms with Crippen LogP contribution in [0.3, 0.4) is 0 Å². The number of anilines is 2. The highest BCUT2D eigenvalue weighted by Gasteiger charge is 2.29. The number of nitrogens with one attached hydrogen (secondary N) is 3. The highest BCUT2D eigenvalue weighted by Crippen LogP contribution is 2.30. The molecule has 3 N–H and O–H groups in total. The van der Waals surface area contributed by atoms with Gasteiger partial charge in [-0.25, -0.2) is 4.79 Å². The van der Waals surface area contributed by atoms with E-state index >= 15 is 0 Å². The van der Waals surface area contributed by atoms with E-state index in [4.69, 9.17) is 4.74 Å². The molecule has 7 nitrogen and oxygen atoms in total. The summed E-state index contributed by atoms with van der Waals surface area (Å²) in [4.78, 5) is 35.8. The summed E-state index contributed by atoms with van der Waals surface area (Å²) in [5.41, 5.74) is 2.51. The number of ether oxygens (including phenoxy) is 1. The minimum Gasteiger partial charge on any atom is -0.450 e. The van der Waals surface area contributed by atoms with Crippen LogP contribution in [0.2, 0.25) is 0 Å². The van der Waals surface area contributed by atoms with Gasteiger partial charge in [0.1, 0.15) is 0 Å². The van der Waals surface area contributed by atoms with Gasteiger partial charge in [-0.2, -0.15) is 0 Å². The molecule has 3 amide bonds. The van der Waals surface area contributed by atoms with Gasteiger partial charge >= 0.3 is 6.09 Å². The smallest absolute Gasteiger partial charge is 0.411 e. The molecule has 0 heterocycles. The van der Waals surface area contributed by atoms with Crippen LogP contribution >= 0.6 is 0 Å². The summed E-state index contributed by atoms with van der Waals surface area (Å²) in [5.74, 6) is -0.0779.